The number of aromatic nitrogens is 1. The molecule has 0 bridgehead atoms. The Morgan fingerprint density at radius 1 is 1.09 bits per heavy atom. The van der Waals surface area contributed by atoms with E-state index in [1.807, 2.05) is 50.5 Å². The Morgan fingerprint density at radius 3 is 2.46 bits per heavy atom. The lowest BCUT2D eigenvalue weighted by Gasteiger charge is -2.30. The first-order valence-corrected chi connectivity index (χ1v) is 11.5. The number of nitrogens with zero attached hydrogens (tertiary/aromatic N) is 2. The van der Waals surface area contributed by atoms with Crippen molar-refractivity contribution in [1.29, 1.82) is 0 Å². The Kier molecular flexibility index (Phi) is 6.36. The van der Waals surface area contributed by atoms with Crippen LogP contribution in [0, 0.1) is 27.7 Å². The molecule has 35 heavy (non-hydrogen) atoms. The highest BCUT2D eigenvalue weighted by Crippen LogP contribution is 2.29. The van der Waals surface area contributed by atoms with Gasteiger partial charge in [0.25, 0.3) is 11.8 Å². The quantitative estimate of drug-likeness (QED) is 0.298. The number of hydrogen-bond donors (Lipinski definition) is 2. The molecular weight excluding hydrogens is 486 g/mol. The van der Waals surface area contributed by atoms with Gasteiger partial charge >= 0.3 is 5.97 Å². The van der Waals surface area contributed by atoms with Gasteiger partial charge in [0.15, 0.2) is 5.11 Å². The first kappa shape index (κ1) is 24.4. The van der Waals surface area contributed by atoms with Crippen molar-refractivity contribution < 1.29 is 19.5 Å². The molecule has 1 aliphatic rings. The lowest BCUT2D eigenvalue weighted by molar-refractivity contribution is -0.122. The number of carboxylic acid groups (broad SMARTS) is 1. The van der Waals surface area contributed by atoms with E-state index in [1.54, 1.807) is 24.3 Å². The number of carbonyl (C=O) groups is 3. The van der Waals surface area contributed by atoms with Crippen LogP contribution in [0.1, 0.15) is 38.4 Å². The highest BCUT2D eigenvalue weighted by molar-refractivity contribution is 7.80. The van der Waals surface area contributed by atoms with Gasteiger partial charge in [-0.1, -0.05) is 23.7 Å². The Bertz CT molecular complexity index is 1470. The lowest BCUT2D eigenvalue weighted by atomic mass is 10.0. The second-order valence-electron chi connectivity index (χ2n) is 8.31. The number of hydrogen-bond acceptors (Lipinski definition) is 4. The van der Waals surface area contributed by atoms with Crippen molar-refractivity contribution in [3.05, 3.63) is 86.7 Å². The number of aryl methyl sites for hydroxylation is 2. The smallest absolute Gasteiger partial charge is 0.337 e. The number of anilines is 1. The van der Waals surface area contributed by atoms with Crippen molar-refractivity contribution in [3.63, 3.8) is 0 Å². The summed E-state index contributed by atoms with van der Waals surface area (Å²) in [7, 11) is 0. The van der Waals surface area contributed by atoms with Crippen molar-refractivity contribution in [3.8, 4) is 5.69 Å². The predicted octanol–water partition coefficient (Wildman–Crippen LogP) is 4.89. The maximum Gasteiger partial charge on any atom is 0.337 e. The van der Waals surface area contributed by atoms with Gasteiger partial charge in [-0.05, 0) is 93.0 Å². The number of carboxylic acids is 1. The van der Waals surface area contributed by atoms with Crippen LogP contribution in [0.25, 0.3) is 11.8 Å². The molecule has 0 atom stereocenters. The fraction of sp³-hybridized carbons (Fsp3) is 0.154. The zero-order valence-corrected chi connectivity index (χ0v) is 21.0. The van der Waals surface area contributed by atoms with Gasteiger partial charge < -0.3 is 9.67 Å². The normalized spacial score (nSPS) is 15.1. The molecule has 2 heterocycles. The molecule has 2 amide bonds. The third kappa shape index (κ3) is 4.26. The highest BCUT2D eigenvalue weighted by Gasteiger charge is 2.35. The summed E-state index contributed by atoms with van der Waals surface area (Å²) in [6.07, 6.45) is 1.55. The SMILES string of the molecule is Cc1cccc(N2C(=O)/C(=C\c3cc(C)n(-c4ccc(C(=O)O)c(Cl)c4)c3C)C(=O)NC2=S)c1C. The minimum absolute atomic E-state index is 0.00666. The topological polar surface area (TPSA) is 91.6 Å². The Labute approximate surface area is 212 Å². The third-order valence-corrected chi connectivity index (χ3v) is 6.73. The molecule has 1 saturated heterocycles. The highest BCUT2D eigenvalue weighted by atomic mass is 35.5. The van der Waals surface area contributed by atoms with Gasteiger partial charge in [0.05, 0.1) is 16.3 Å². The van der Waals surface area contributed by atoms with E-state index in [2.05, 4.69) is 5.32 Å². The number of rotatable bonds is 4. The van der Waals surface area contributed by atoms with Crippen LogP contribution in [0.5, 0.6) is 0 Å². The monoisotopic (exact) mass is 507 g/mol. The molecule has 2 N–H and O–H groups in total. The van der Waals surface area contributed by atoms with E-state index in [9.17, 15) is 19.5 Å². The number of halogens is 1. The molecule has 1 aromatic heterocycles. The molecule has 1 aliphatic heterocycles. The summed E-state index contributed by atoms with van der Waals surface area (Å²) in [5, 5.41) is 12.0. The maximum absolute atomic E-state index is 13.5. The summed E-state index contributed by atoms with van der Waals surface area (Å²) in [5.41, 5.74) is 5.36. The molecule has 3 aromatic rings. The van der Waals surface area contributed by atoms with Crippen LogP contribution in [0.3, 0.4) is 0 Å². The Balaban J connectivity index is 1.78. The lowest BCUT2D eigenvalue weighted by Crippen LogP contribution is -2.54. The fourth-order valence-electron chi connectivity index (χ4n) is 4.16. The van der Waals surface area contributed by atoms with Crippen LogP contribution in [0.15, 0.2) is 48.0 Å². The van der Waals surface area contributed by atoms with E-state index in [0.717, 1.165) is 22.5 Å². The van der Waals surface area contributed by atoms with Crippen molar-refractivity contribution >= 4 is 58.5 Å². The molecular formula is C26H22ClN3O4S. The first-order valence-electron chi connectivity index (χ1n) is 10.7. The molecule has 178 valence electrons. The van der Waals surface area contributed by atoms with Crippen LogP contribution in [-0.2, 0) is 9.59 Å². The summed E-state index contributed by atoms with van der Waals surface area (Å²) >= 11 is 11.5. The van der Waals surface area contributed by atoms with Gasteiger partial charge in [0.2, 0.25) is 0 Å². The van der Waals surface area contributed by atoms with Gasteiger partial charge in [-0.3, -0.25) is 19.8 Å². The molecule has 0 radical (unpaired) electrons. The second kappa shape index (κ2) is 9.13. The van der Waals surface area contributed by atoms with Crippen LogP contribution in [0.2, 0.25) is 5.02 Å². The van der Waals surface area contributed by atoms with Crippen LogP contribution < -0.4 is 10.2 Å². The summed E-state index contributed by atoms with van der Waals surface area (Å²) in [6.45, 7) is 7.55. The molecule has 2 aromatic carbocycles. The summed E-state index contributed by atoms with van der Waals surface area (Å²) < 4.78 is 1.88. The number of aromatic carboxylic acids is 1. The minimum atomic E-state index is -1.11. The van der Waals surface area contributed by atoms with Crippen LogP contribution >= 0.6 is 23.8 Å². The zero-order valence-electron chi connectivity index (χ0n) is 19.5. The first-order chi connectivity index (χ1) is 16.5. The van der Waals surface area contributed by atoms with E-state index < -0.39 is 17.8 Å². The van der Waals surface area contributed by atoms with E-state index in [0.29, 0.717) is 16.9 Å². The largest absolute Gasteiger partial charge is 0.478 e. The van der Waals surface area contributed by atoms with E-state index in [-0.39, 0.29) is 21.3 Å². The summed E-state index contributed by atoms with van der Waals surface area (Å²) in [5.74, 6) is -2.19. The zero-order chi connectivity index (χ0) is 25.6. The fourth-order valence-corrected chi connectivity index (χ4v) is 4.69. The van der Waals surface area contributed by atoms with Crippen molar-refractivity contribution in [2.75, 3.05) is 4.90 Å². The van der Waals surface area contributed by atoms with Crippen molar-refractivity contribution in [2.24, 2.45) is 0 Å². The number of thiocarbonyl (C=S) groups is 1. The predicted molar refractivity (Wildman–Crippen MR) is 139 cm³/mol. The molecule has 4 rings (SSSR count). The molecule has 7 nitrogen and oxygen atoms in total. The second-order valence-corrected chi connectivity index (χ2v) is 9.10. The van der Waals surface area contributed by atoms with Crippen LogP contribution in [-0.4, -0.2) is 32.6 Å². The number of carbonyl (C=O) groups excluding carboxylic acids is 2. The third-order valence-electron chi connectivity index (χ3n) is 6.13. The minimum Gasteiger partial charge on any atom is -0.478 e. The van der Waals surface area contributed by atoms with Gasteiger partial charge in [0.1, 0.15) is 5.57 Å². The van der Waals surface area contributed by atoms with Crippen molar-refractivity contribution in [2.45, 2.75) is 27.7 Å². The molecule has 9 heteroatoms. The molecule has 0 spiro atoms. The number of benzene rings is 2. The summed E-state index contributed by atoms with van der Waals surface area (Å²) in [6, 6.07) is 12.1. The molecule has 0 saturated carbocycles. The Morgan fingerprint density at radius 2 is 1.80 bits per heavy atom. The average molecular weight is 508 g/mol. The molecule has 0 aliphatic carbocycles. The van der Waals surface area contributed by atoms with Gasteiger partial charge in [-0.25, -0.2) is 4.79 Å². The van der Waals surface area contributed by atoms with E-state index in [4.69, 9.17) is 23.8 Å². The van der Waals surface area contributed by atoms with E-state index >= 15 is 0 Å². The summed E-state index contributed by atoms with van der Waals surface area (Å²) in [4.78, 5) is 38.9. The molecule has 0 unspecified atom stereocenters. The molecule has 1 fully saturated rings. The number of nitrogens with one attached hydrogen (secondary N) is 1. The van der Waals surface area contributed by atoms with E-state index in [1.165, 1.54) is 11.0 Å². The van der Waals surface area contributed by atoms with Gasteiger partial charge in [0, 0.05) is 17.1 Å². The van der Waals surface area contributed by atoms with Crippen molar-refractivity contribution in [1.82, 2.24) is 9.88 Å². The Hall–Kier alpha value is -3.75. The average Bonchev–Trinajstić information content (AvgIpc) is 3.06. The van der Waals surface area contributed by atoms with Gasteiger partial charge in [-0.2, -0.15) is 0 Å². The standard InChI is InChI=1S/C26H22ClN3O4S/c1-13-6-5-7-22(15(13)3)30-24(32)20(23(31)28-26(30)35)11-17-10-14(2)29(16(17)4)18-8-9-19(25(33)34)21(27)12-18/h5-12H,1-4H3,(H,33,34)(H,28,31,35)/b20-11-. The number of amides is 2. The maximum atomic E-state index is 13.5. The van der Waals surface area contributed by atoms with Gasteiger partial charge in [-0.15, -0.1) is 0 Å². The van der Waals surface area contributed by atoms with Crippen LogP contribution in [0.4, 0.5) is 5.69 Å².